The molecule has 4 heteroatoms. The quantitative estimate of drug-likeness (QED) is 0.250. The number of ether oxygens (including phenoxy) is 2. The van der Waals surface area contributed by atoms with Gasteiger partial charge in [-0.2, -0.15) is 0 Å². The number of pyridine rings is 1. The Morgan fingerprint density at radius 2 is 1.29 bits per heavy atom. The average molecular weight is 466 g/mol. The average Bonchev–Trinajstić information content (AvgIpc) is 3.29. The summed E-state index contributed by atoms with van der Waals surface area (Å²) in [6.45, 7) is 7.58. The van der Waals surface area contributed by atoms with Crippen LogP contribution < -0.4 is 9.92 Å². The monoisotopic (exact) mass is 465 g/mol. The number of aromatic nitrogens is 1. The molecule has 1 aliphatic rings. The first-order valence-electron chi connectivity index (χ1n) is 11.9. The van der Waals surface area contributed by atoms with Crippen molar-refractivity contribution in [1.82, 2.24) is 4.98 Å². The van der Waals surface area contributed by atoms with Crippen molar-refractivity contribution in [2.75, 3.05) is 6.61 Å². The molecule has 172 valence electrons. The Morgan fingerprint density at radius 3 is 1.76 bits per heavy atom. The van der Waals surface area contributed by atoms with Crippen molar-refractivity contribution in [1.29, 1.82) is 0 Å². The highest BCUT2D eigenvalue weighted by Gasteiger charge is 2.39. The van der Waals surface area contributed by atoms with E-state index in [2.05, 4.69) is 103 Å². The first-order chi connectivity index (χ1) is 16.5. The molecule has 0 saturated carbocycles. The number of hydrogen-bond acceptors (Lipinski definition) is 3. The van der Waals surface area contributed by atoms with E-state index in [1.54, 1.807) is 0 Å². The van der Waals surface area contributed by atoms with Gasteiger partial charge in [0.15, 0.2) is 0 Å². The summed E-state index contributed by atoms with van der Waals surface area (Å²) >= 11 is 0. The van der Waals surface area contributed by atoms with Crippen molar-refractivity contribution in [2.24, 2.45) is 0 Å². The van der Waals surface area contributed by atoms with E-state index in [0.29, 0.717) is 6.61 Å². The van der Waals surface area contributed by atoms with Crippen LogP contribution in [0.15, 0.2) is 103 Å². The van der Waals surface area contributed by atoms with Gasteiger partial charge in [-0.15, -0.1) is 0 Å². The van der Waals surface area contributed by atoms with Gasteiger partial charge in [-0.25, -0.2) is 4.98 Å². The van der Waals surface area contributed by atoms with Gasteiger partial charge in [0.25, 0.3) is 0 Å². The van der Waals surface area contributed by atoms with Crippen LogP contribution in [0.5, 0.6) is 5.88 Å². The molecule has 0 radical (unpaired) electrons. The van der Waals surface area contributed by atoms with Crippen LogP contribution in [0.3, 0.4) is 0 Å². The van der Waals surface area contributed by atoms with Gasteiger partial charge in [0.05, 0.1) is 14.7 Å². The fraction of sp³-hybridized carbons (Fsp3) is 0.233. The van der Waals surface area contributed by atoms with Crippen molar-refractivity contribution in [3.63, 3.8) is 0 Å². The molecular weight excluding hydrogens is 434 g/mol. The summed E-state index contributed by atoms with van der Waals surface area (Å²) in [7, 11) is -1.50. The fourth-order valence-corrected chi connectivity index (χ4v) is 6.67. The maximum atomic E-state index is 6.99. The van der Waals surface area contributed by atoms with E-state index in [0.717, 1.165) is 29.0 Å². The Hall–Kier alpha value is -3.21. The zero-order valence-electron chi connectivity index (χ0n) is 20.1. The normalized spacial score (nSPS) is 15.6. The lowest BCUT2D eigenvalue weighted by Crippen LogP contribution is -2.40. The maximum absolute atomic E-state index is 6.99. The van der Waals surface area contributed by atoms with E-state index >= 15 is 0 Å². The number of nitrogens with zero attached hydrogens (tertiary/aromatic N) is 1. The molecule has 1 unspecified atom stereocenters. The highest BCUT2D eigenvalue weighted by Crippen LogP contribution is 2.41. The molecule has 0 N–H and O–H groups in total. The number of hydrogen-bond donors (Lipinski definition) is 0. The van der Waals surface area contributed by atoms with E-state index < -0.39 is 13.7 Å². The van der Waals surface area contributed by atoms with Crippen LogP contribution in [0.25, 0.3) is 0 Å². The van der Waals surface area contributed by atoms with Crippen molar-refractivity contribution < 1.29 is 9.47 Å². The lowest BCUT2D eigenvalue weighted by Gasteiger charge is -2.36. The second kappa shape index (κ2) is 9.20. The summed E-state index contributed by atoms with van der Waals surface area (Å²) < 4.78 is 13.3. The molecule has 2 heterocycles. The molecule has 0 fully saturated rings. The summed E-state index contributed by atoms with van der Waals surface area (Å²) in [6, 6.07) is 33.7. The van der Waals surface area contributed by atoms with Crippen LogP contribution in [0.2, 0.25) is 19.6 Å². The molecule has 34 heavy (non-hydrogen) atoms. The van der Waals surface area contributed by atoms with Crippen molar-refractivity contribution in [3.05, 3.63) is 126 Å². The molecule has 5 rings (SSSR count). The van der Waals surface area contributed by atoms with Crippen LogP contribution in [-0.2, 0) is 16.8 Å². The standard InChI is InChI=1S/C30H31NO2Si/c1-34(2,3)28-19-20-31-29-27(28)21-26(33-29)22-32-30(23-13-7-4-8-14-23,24-15-9-5-10-16-24)25-17-11-6-12-18-25/h4-20,26H,21-22H2,1-3H3. The number of rotatable bonds is 7. The molecule has 0 bridgehead atoms. The van der Waals surface area contributed by atoms with E-state index in [4.69, 9.17) is 9.47 Å². The van der Waals surface area contributed by atoms with Crippen LogP contribution >= 0.6 is 0 Å². The molecule has 1 aliphatic heterocycles. The van der Waals surface area contributed by atoms with E-state index in [1.807, 2.05) is 24.4 Å². The van der Waals surface area contributed by atoms with Crippen molar-refractivity contribution in [2.45, 2.75) is 37.8 Å². The first-order valence-corrected chi connectivity index (χ1v) is 15.4. The predicted octanol–water partition coefficient (Wildman–Crippen LogP) is 5.94. The Labute approximate surface area is 203 Å². The zero-order chi connectivity index (χ0) is 23.6. The Morgan fingerprint density at radius 1 is 0.794 bits per heavy atom. The van der Waals surface area contributed by atoms with Crippen molar-refractivity contribution >= 4 is 13.3 Å². The SMILES string of the molecule is C[Si](C)(C)c1ccnc2c1CC(COC(c1ccccc1)(c1ccccc1)c1ccccc1)O2. The predicted molar refractivity (Wildman–Crippen MR) is 140 cm³/mol. The minimum Gasteiger partial charge on any atom is -0.471 e. The Balaban J connectivity index is 1.53. The molecule has 1 aromatic heterocycles. The summed E-state index contributed by atoms with van der Waals surface area (Å²) in [5.74, 6) is 0.776. The first kappa shape index (κ1) is 22.6. The van der Waals surface area contributed by atoms with E-state index in [9.17, 15) is 0 Å². The van der Waals surface area contributed by atoms with Crippen LogP contribution in [0, 0.1) is 0 Å². The minimum absolute atomic E-state index is 0.0736. The zero-order valence-corrected chi connectivity index (χ0v) is 21.1. The molecule has 3 nitrogen and oxygen atoms in total. The third-order valence-electron chi connectivity index (χ3n) is 6.56. The van der Waals surface area contributed by atoms with Gasteiger partial charge in [0, 0.05) is 18.2 Å². The van der Waals surface area contributed by atoms with Gasteiger partial charge >= 0.3 is 0 Å². The number of benzene rings is 3. The molecule has 0 saturated heterocycles. The number of fused-ring (bicyclic) bond motifs is 1. The third kappa shape index (κ3) is 4.20. The van der Waals surface area contributed by atoms with Crippen LogP contribution in [0.1, 0.15) is 22.3 Å². The van der Waals surface area contributed by atoms with Gasteiger partial charge in [0.2, 0.25) is 5.88 Å². The second-order valence-electron chi connectivity index (χ2n) is 9.93. The van der Waals surface area contributed by atoms with Gasteiger partial charge in [-0.3, -0.25) is 0 Å². The van der Waals surface area contributed by atoms with Gasteiger partial charge in [0.1, 0.15) is 11.7 Å². The summed E-state index contributed by atoms with van der Waals surface area (Å²) in [5.41, 5.74) is 3.83. The largest absolute Gasteiger partial charge is 0.471 e. The second-order valence-corrected chi connectivity index (χ2v) is 15.0. The topological polar surface area (TPSA) is 31.4 Å². The molecule has 3 aromatic carbocycles. The molecular formula is C30H31NO2Si. The summed E-state index contributed by atoms with van der Waals surface area (Å²) in [5, 5.41) is 1.43. The highest BCUT2D eigenvalue weighted by atomic mass is 28.3. The molecule has 0 aliphatic carbocycles. The van der Waals surface area contributed by atoms with E-state index in [1.165, 1.54) is 10.8 Å². The minimum atomic E-state index is -1.50. The van der Waals surface area contributed by atoms with Crippen LogP contribution in [-0.4, -0.2) is 25.8 Å². The summed E-state index contributed by atoms with van der Waals surface area (Å²) in [6.07, 6.45) is 2.64. The maximum Gasteiger partial charge on any atom is 0.216 e. The molecule has 1 atom stereocenters. The highest BCUT2D eigenvalue weighted by molar-refractivity contribution is 6.89. The van der Waals surface area contributed by atoms with Gasteiger partial charge in [-0.05, 0) is 27.9 Å². The molecule has 0 spiro atoms. The van der Waals surface area contributed by atoms with E-state index in [-0.39, 0.29) is 6.10 Å². The Kier molecular flexibility index (Phi) is 6.11. The molecule has 4 aromatic rings. The Bertz CT molecular complexity index is 1140. The summed E-state index contributed by atoms with van der Waals surface area (Å²) in [4.78, 5) is 4.55. The van der Waals surface area contributed by atoms with Crippen molar-refractivity contribution in [3.8, 4) is 5.88 Å². The fourth-order valence-electron chi connectivity index (χ4n) is 4.98. The lowest BCUT2D eigenvalue weighted by molar-refractivity contribution is -0.0257. The smallest absolute Gasteiger partial charge is 0.216 e. The van der Waals surface area contributed by atoms with Gasteiger partial charge < -0.3 is 9.47 Å². The van der Waals surface area contributed by atoms with Crippen LogP contribution in [0.4, 0.5) is 0 Å². The third-order valence-corrected chi connectivity index (χ3v) is 8.65. The lowest BCUT2D eigenvalue weighted by atomic mass is 9.80. The molecule has 0 amide bonds. The van der Waals surface area contributed by atoms with Gasteiger partial charge in [-0.1, -0.05) is 111 Å².